The van der Waals surface area contributed by atoms with E-state index in [1.807, 2.05) is 18.2 Å². The highest BCUT2D eigenvalue weighted by atomic mass is 16.5. The number of urea groups is 1. The Labute approximate surface area is 189 Å². The predicted octanol–water partition coefficient (Wildman–Crippen LogP) is 4.88. The van der Waals surface area contributed by atoms with Gasteiger partial charge in [-0.15, -0.1) is 0 Å². The van der Waals surface area contributed by atoms with Crippen LogP contribution in [0.5, 0.6) is 0 Å². The standard InChI is InChI=1S/C24H34N4O4/c1-15(2)19-9-6-10-20(16(3)4)23(19)26-24(30)28(13-18-8-7-11-31-18)14-22(29)25-21-12-17(5)32-27-21/h6,9-10,12,15-16,18H,7-8,11,13-14H2,1-5H3,(H,26,30)(H,25,27,29). The number of rotatable bonds is 8. The van der Waals surface area contributed by atoms with E-state index in [1.54, 1.807) is 13.0 Å². The second-order valence-corrected chi connectivity index (χ2v) is 8.94. The van der Waals surface area contributed by atoms with Crippen molar-refractivity contribution in [2.45, 2.75) is 65.4 Å². The molecule has 1 aliphatic rings. The SMILES string of the molecule is Cc1cc(NC(=O)CN(CC2CCCO2)C(=O)Nc2c(C(C)C)cccc2C(C)C)no1. The largest absolute Gasteiger partial charge is 0.376 e. The smallest absolute Gasteiger partial charge is 0.322 e. The number of anilines is 2. The molecule has 0 bridgehead atoms. The summed E-state index contributed by atoms with van der Waals surface area (Å²) in [4.78, 5) is 27.6. The molecule has 1 aliphatic heterocycles. The summed E-state index contributed by atoms with van der Waals surface area (Å²) >= 11 is 0. The lowest BCUT2D eigenvalue weighted by atomic mass is 9.93. The lowest BCUT2D eigenvalue weighted by Crippen LogP contribution is -2.44. The summed E-state index contributed by atoms with van der Waals surface area (Å²) in [5.41, 5.74) is 2.97. The van der Waals surface area contributed by atoms with Gasteiger partial charge in [0, 0.05) is 24.9 Å². The average Bonchev–Trinajstić information content (AvgIpc) is 3.38. The molecule has 1 saturated heterocycles. The predicted molar refractivity (Wildman–Crippen MR) is 124 cm³/mol. The van der Waals surface area contributed by atoms with Gasteiger partial charge < -0.3 is 24.8 Å². The molecular weight excluding hydrogens is 408 g/mol. The average molecular weight is 443 g/mol. The molecule has 1 atom stereocenters. The summed E-state index contributed by atoms with van der Waals surface area (Å²) in [5, 5.41) is 9.59. The Balaban J connectivity index is 1.80. The first kappa shape index (κ1) is 23.8. The highest BCUT2D eigenvalue weighted by Crippen LogP contribution is 2.32. The van der Waals surface area contributed by atoms with Crippen LogP contribution in [0.1, 0.15) is 69.3 Å². The molecule has 1 fully saturated rings. The minimum Gasteiger partial charge on any atom is -0.376 e. The minimum absolute atomic E-state index is 0.0762. The molecule has 2 aromatic rings. The number of nitrogens with one attached hydrogen (secondary N) is 2. The first-order valence-electron chi connectivity index (χ1n) is 11.3. The molecule has 1 aromatic heterocycles. The molecule has 32 heavy (non-hydrogen) atoms. The minimum atomic E-state index is -0.340. The van der Waals surface area contributed by atoms with Gasteiger partial charge in [-0.2, -0.15) is 0 Å². The highest BCUT2D eigenvalue weighted by Gasteiger charge is 2.26. The van der Waals surface area contributed by atoms with Gasteiger partial charge in [0.15, 0.2) is 5.82 Å². The second-order valence-electron chi connectivity index (χ2n) is 8.94. The van der Waals surface area contributed by atoms with E-state index in [2.05, 4.69) is 43.5 Å². The number of aryl methyl sites for hydroxylation is 1. The van der Waals surface area contributed by atoms with Crippen molar-refractivity contribution < 1.29 is 18.8 Å². The van der Waals surface area contributed by atoms with Crippen LogP contribution in [-0.2, 0) is 9.53 Å². The van der Waals surface area contributed by atoms with Gasteiger partial charge in [-0.3, -0.25) is 4.79 Å². The molecule has 0 radical (unpaired) electrons. The van der Waals surface area contributed by atoms with Crippen LogP contribution in [0.2, 0.25) is 0 Å². The topological polar surface area (TPSA) is 96.7 Å². The molecule has 8 heteroatoms. The quantitative estimate of drug-likeness (QED) is 0.607. The second kappa shape index (κ2) is 10.6. The third-order valence-electron chi connectivity index (χ3n) is 5.57. The van der Waals surface area contributed by atoms with Gasteiger partial charge in [0.05, 0.1) is 6.10 Å². The molecule has 1 unspecified atom stereocenters. The van der Waals surface area contributed by atoms with Crippen LogP contribution in [0.15, 0.2) is 28.8 Å². The van der Waals surface area contributed by atoms with Gasteiger partial charge in [-0.25, -0.2) is 4.79 Å². The van der Waals surface area contributed by atoms with Crippen molar-refractivity contribution in [1.29, 1.82) is 0 Å². The van der Waals surface area contributed by atoms with Crippen molar-refractivity contribution >= 4 is 23.4 Å². The van der Waals surface area contributed by atoms with Crippen molar-refractivity contribution in [1.82, 2.24) is 10.1 Å². The Morgan fingerprint density at radius 1 is 1.16 bits per heavy atom. The van der Waals surface area contributed by atoms with Gasteiger partial charge in [-0.1, -0.05) is 51.1 Å². The van der Waals surface area contributed by atoms with Crippen LogP contribution in [0, 0.1) is 6.92 Å². The summed E-state index contributed by atoms with van der Waals surface area (Å²) in [6.07, 6.45) is 1.75. The van der Waals surface area contributed by atoms with Crippen LogP contribution in [0.4, 0.5) is 16.3 Å². The number of carbonyl (C=O) groups is 2. The summed E-state index contributed by atoms with van der Waals surface area (Å²) in [6.45, 7) is 11.1. The lowest BCUT2D eigenvalue weighted by molar-refractivity contribution is -0.117. The molecule has 2 N–H and O–H groups in total. The van der Waals surface area contributed by atoms with Gasteiger partial charge in [0.2, 0.25) is 5.91 Å². The molecule has 3 rings (SSSR count). The van der Waals surface area contributed by atoms with E-state index in [0.29, 0.717) is 24.7 Å². The summed E-state index contributed by atoms with van der Waals surface area (Å²) < 4.78 is 10.7. The van der Waals surface area contributed by atoms with Crippen molar-refractivity contribution in [3.63, 3.8) is 0 Å². The van der Waals surface area contributed by atoms with Crippen LogP contribution >= 0.6 is 0 Å². The fraction of sp³-hybridized carbons (Fsp3) is 0.542. The Kier molecular flexibility index (Phi) is 7.90. The van der Waals surface area contributed by atoms with E-state index in [1.165, 1.54) is 4.90 Å². The normalized spacial score (nSPS) is 15.9. The van der Waals surface area contributed by atoms with Crippen LogP contribution in [0.25, 0.3) is 0 Å². The van der Waals surface area contributed by atoms with E-state index in [9.17, 15) is 9.59 Å². The van der Waals surface area contributed by atoms with E-state index in [-0.39, 0.29) is 36.4 Å². The zero-order chi connectivity index (χ0) is 23.3. The van der Waals surface area contributed by atoms with Gasteiger partial charge >= 0.3 is 6.03 Å². The molecule has 0 aliphatic carbocycles. The molecule has 3 amide bonds. The van der Waals surface area contributed by atoms with E-state index in [0.717, 1.165) is 29.7 Å². The fourth-order valence-corrected chi connectivity index (χ4v) is 3.92. The van der Waals surface area contributed by atoms with E-state index in [4.69, 9.17) is 9.26 Å². The summed E-state index contributed by atoms with van der Waals surface area (Å²) in [7, 11) is 0. The summed E-state index contributed by atoms with van der Waals surface area (Å²) in [6, 6.07) is 7.42. The van der Waals surface area contributed by atoms with E-state index < -0.39 is 0 Å². The highest BCUT2D eigenvalue weighted by molar-refractivity contribution is 5.97. The van der Waals surface area contributed by atoms with Crippen molar-refractivity contribution in [3.05, 3.63) is 41.2 Å². The maximum absolute atomic E-state index is 13.4. The number of para-hydroxylation sites is 1. The third-order valence-corrected chi connectivity index (χ3v) is 5.57. The first-order chi connectivity index (χ1) is 15.2. The first-order valence-corrected chi connectivity index (χ1v) is 11.3. The third kappa shape index (κ3) is 6.09. The summed E-state index contributed by atoms with van der Waals surface area (Å²) in [5.74, 6) is 1.08. The van der Waals surface area contributed by atoms with E-state index >= 15 is 0 Å². The number of benzene rings is 1. The molecule has 0 saturated carbocycles. The Morgan fingerprint density at radius 2 is 1.84 bits per heavy atom. The number of hydrogen-bond acceptors (Lipinski definition) is 5. The molecule has 2 heterocycles. The van der Waals surface area contributed by atoms with Crippen LogP contribution < -0.4 is 10.6 Å². The van der Waals surface area contributed by atoms with Crippen LogP contribution in [0.3, 0.4) is 0 Å². The van der Waals surface area contributed by atoms with Gasteiger partial charge in [0.1, 0.15) is 12.3 Å². The van der Waals surface area contributed by atoms with Crippen molar-refractivity contribution in [2.24, 2.45) is 0 Å². The van der Waals surface area contributed by atoms with Crippen LogP contribution in [-0.4, -0.2) is 47.8 Å². The zero-order valence-corrected chi connectivity index (χ0v) is 19.6. The fourth-order valence-electron chi connectivity index (χ4n) is 3.92. The number of aromatic nitrogens is 1. The molecular formula is C24H34N4O4. The van der Waals surface area contributed by atoms with Crippen molar-refractivity contribution in [3.8, 4) is 0 Å². The Morgan fingerprint density at radius 3 is 2.38 bits per heavy atom. The van der Waals surface area contributed by atoms with Gasteiger partial charge in [0.25, 0.3) is 0 Å². The van der Waals surface area contributed by atoms with Gasteiger partial charge in [-0.05, 0) is 42.7 Å². The van der Waals surface area contributed by atoms with Crippen molar-refractivity contribution in [2.75, 3.05) is 30.3 Å². The number of hydrogen-bond donors (Lipinski definition) is 2. The maximum atomic E-state index is 13.4. The number of carbonyl (C=O) groups excluding carboxylic acids is 2. The zero-order valence-electron chi connectivity index (χ0n) is 19.6. The Hall–Kier alpha value is -2.87. The number of nitrogens with zero attached hydrogens (tertiary/aromatic N) is 2. The molecule has 8 nitrogen and oxygen atoms in total. The molecule has 174 valence electrons. The number of amides is 3. The Bertz CT molecular complexity index is 906. The molecule has 1 aromatic carbocycles. The lowest BCUT2D eigenvalue weighted by Gasteiger charge is -2.27. The maximum Gasteiger partial charge on any atom is 0.322 e. The monoisotopic (exact) mass is 442 g/mol. The number of ether oxygens (including phenoxy) is 1. The molecule has 0 spiro atoms.